The van der Waals surface area contributed by atoms with Gasteiger partial charge in [0.05, 0.1) is 5.52 Å². The topological polar surface area (TPSA) is 46.5 Å². The molecule has 4 nitrogen and oxygen atoms in total. The third-order valence-electron chi connectivity index (χ3n) is 5.30. The molecule has 0 bridgehead atoms. The van der Waals surface area contributed by atoms with Crippen LogP contribution in [0.3, 0.4) is 0 Å². The molecule has 4 aromatic rings. The molecule has 0 radical (unpaired) electrons. The lowest BCUT2D eigenvalue weighted by Crippen LogP contribution is -2.13. The van der Waals surface area contributed by atoms with Crippen LogP contribution in [-0.4, -0.2) is 19.5 Å². The van der Waals surface area contributed by atoms with Crippen molar-refractivity contribution in [3.63, 3.8) is 0 Å². The van der Waals surface area contributed by atoms with Crippen molar-refractivity contribution in [1.82, 2.24) is 19.5 Å². The second kappa shape index (κ2) is 5.48. The normalized spacial score (nSPS) is 16.2. The van der Waals surface area contributed by atoms with Gasteiger partial charge in [0.15, 0.2) is 0 Å². The summed E-state index contributed by atoms with van der Waals surface area (Å²) in [5.41, 5.74) is 4.81. The highest BCUT2D eigenvalue weighted by Crippen LogP contribution is 2.39. The lowest BCUT2D eigenvalue weighted by Gasteiger charge is -2.26. The number of nitrogens with one attached hydrogen (secondary N) is 1. The maximum Gasteiger partial charge on any atom is 0.139 e. The summed E-state index contributed by atoms with van der Waals surface area (Å²) in [6, 6.07) is 9.23. The van der Waals surface area contributed by atoms with Crippen molar-refractivity contribution in [1.29, 1.82) is 0 Å². The molecule has 0 saturated heterocycles. The van der Waals surface area contributed by atoms with Gasteiger partial charge in [-0.15, -0.1) is 0 Å². The van der Waals surface area contributed by atoms with Gasteiger partial charge in [0.1, 0.15) is 5.65 Å². The zero-order chi connectivity index (χ0) is 15.9. The lowest BCUT2D eigenvalue weighted by atomic mass is 9.94. The fourth-order valence-corrected chi connectivity index (χ4v) is 4.18. The summed E-state index contributed by atoms with van der Waals surface area (Å²) in [6.07, 6.45) is 14.3. The van der Waals surface area contributed by atoms with Gasteiger partial charge in [0, 0.05) is 52.9 Å². The molecule has 0 amide bonds. The molecule has 1 aliphatic rings. The van der Waals surface area contributed by atoms with Crippen LogP contribution >= 0.6 is 0 Å². The number of aromatic nitrogens is 4. The standard InChI is InChI=1S/C20H20N4/c1-2-4-16(5-3-1)24-18(14-6-9-21-10-7-14)12-15-13-23-20-17(19(15)24)8-11-22-20/h6-13,16H,1-5H2,(H,22,23). The molecule has 1 N–H and O–H groups in total. The molecular formula is C20H20N4. The monoisotopic (exact) mass is 316 g/mol. The molecule has 0 unspecified atom stereocenters. The van der Waals surface area contributed by atoms with Crippen LogP contribution in [0, 0.1) is 0 Å². The number of hydrogen-bond donors (Lipinski definition) is 1. The van der Waals surface area contributed by atoms with Gasteiger partial charge in [0.2, 0.25) is 0 Å². The van der Waals surface area contributed by atoms with Gasteiger partial charge in [-0.2, -0.15) is 0 Å². The average molecular weight is 316 g/mol. The number of aromatic amines is 1. The van der Waals surface area contributed by atoms with E-state index in [4.69, 9.17) is 0 Å². The molecule has 4 heteroatoms. The Bertz CT molecular complexity index is 991. The highest BCUT2D eigenvalue weighted by atomic mass is 15.0. The second-order valence-electron chi connectivity index (χ2n) is 6.73. The Hall–Kier alpha value is -2.62. The Morgan fingerprint density at radius 1 is 1.04 bits per heavy atom. The van der Waals surface area contributed by atoms with E-state index in [-0.39, 0.29) is 0 Å². The van der Waals surface area contributed by atoms with Crippen molar-refractivity contribution in [2.24, 2.45) is 0 Å². The molecule has 120 valence electrons. The van der Waals surface area contributed by atoms with E-state index in [1.165, 1.54) is 59.7 Å². The third kappa shape index (κ3) is 2.06. The number of nitrogens with zero attached hydrogens (tertiary/aromatic N) is 3. The number of pyridine rings is 2. The Morgan fingerprint density at radius 3 is 2.71 bits per heavy atom. The van der Waals surface area contributed by atoms with E-state index in [9.17, 15) is 0 Å². The van der Waals surface area contributed by atoms with Crippen LogP contribution in [-0.2, 0) is 0 Å². The maximum atomic E-state index is 4.58. The highest BCUT2D eigenvalue weighted by Gasteiger charge is 2.22. The Labute approximate surface area is 140 Å². The minimum absolute atomic E-state index is 0.569. The molecule has 1 aliphatic carbocycles. The van der Waals surface area contributed by atoms with Gasteiger partial charge < -0.3 is 9.55 Å². The number of rotatable bonds is 2. The molecule has 0 spiro atoms. The van der Waals surface area contributed by atoms with Crippen LogP contribution in [0.4, 0.5) is 0 Å². The minimum atomic E-state index is 0.569. The summed E-state index contributed by atoms with van der Waals surface area (Å²) in [5.74, 6) is 0. The minimum Gasteiger partial charge on any atom is -0.346 e. The summed E-state index contributed by atoms with van der Waals surface area (Å²) in [6.45, 7) is 0. The van der Waals surface area contributed by atoms with E-state index in [0.717, 1.165) is 5.65 Å². The molecule has 0 aromatic carbocycles. The zero-order valence-electron chi connectivity index (χ0n) is 13.6. The smallest absolute Gasteiger partial charge is 0.139 e. The lowest BCUT2D eigenvalue weighted by molar-refractivity contribution is 0.363. The molecule has 5 rings (SSSR count). The van der Waals surface area contributed by atoms with Gasteiger partial charge in [-0.1, -0.05) is 19.3 Å². The van der Waals surface area contributed by atoms with Crippen molar-refractivity contribution >= 4 is 21.9 Å². The molecule has 24 heavy (non-hydrogen) atoms. The summed E-state index contributed by atoms with van der Waals surface area (Å²) in [7, 11) is 0. The maximum absolute atomic E-state index is 4.58. The van der Waals surface area contributed by atoms with Gasteiger partial charge in [-0.25, -0.2) is 4.98 Å². The van der Waals surface area contributed by atoms with Gasteiger partial charge in [-0.3, -0.25) is 4.98 Å². The number of H-pyrrole nitrogens is 1. The first-order chi connectivity index (χ1) is 11.9. The molecule has 1 fully saturated rings. The summed E-state index contributed by atoms with van der Waals surface area (Å²) in [5, 5.41) is 2.44. The van der Waals surface area contributed by atoms with Crippen molar-refractivity contribution in [3.8, 4) is 11.3 Å². The Kier molecular flexibility index (Phi) is 3.15. The Balaban J connectivity index is 1.84. The average Bonchev–Trinajstić information content (AvgIpc) is 3.27. The van der Waals surface area contributed by atoms with E-state index >= 15 is 0 Å². The quantitative estimate of drug-likeness (QED) is 0.560. The number of fused-ring (bicyclic) bond motifs is 3. The van der Waals surface area contributed by atoms with E-state index in [1.54, 1.807) is 0 Å². The van der Waals surface area contributed by atoms with Crippen LogP contribution in [0.2, 0.25) is 0 Å². The van der Waals surface area contributed by atoms with Gasteiger partial charge >= 0.3 is 0 Å². The fraction of sp³-hybridized carbons (Fsp3) is 0.300. The number of hydrogen-bond acceptors (Lipinski definition) is 2. The van der Waals surface area contributed by atoms with E-state index in [2.05, 4.69) is 43.8 Å². The van der Waals surface area contributed by atoms with Crippen LogP contribution in [0.25, 0.3) is 33.2 Å². The SMILES string of the molecule is c1cc(-c2cc3cnc4[nH]ccc4c3n2C2CCCCC2)ccn1. The van der Waals surface area contributed by atoms with Crippen molar-refractivity contribution in [2.75, 3.05) is 0 Å². The van der Waals surface area contributed by atoms with E-state index in [0.29, 0.717) is 6.04 Å². The first-order valence-corrected chi connectivity index (χ1v) is 8.79. The predicted molar refractivity (Wildman–Crippen MR) is 96.9 cm³/mol. The second-order valence-corrected chi connectivity index (χ2v) is 6.73. The first kappa shape index (κ1) is 13.8. The fourth-order valence-electron chi connectivity index (χ4n) is 4.18. The van der Waals surface area contributed by atoms with Crippen LogP contribution < -0.4 is 0 Å². The van der Waals surface area contributed by atoms with Crippen molar-refractivity contribution in [3.05, 3.63) is 49.1 Å². The highest BCUT2D eigenvalue weighted by molar-refractivity contribution is 6.05. The largest absolute Gasteiger partial charge is 0.346 e. The van der Waals surface area contributed by atoms with Crippen LogP contribution in [0.15, 0.2) is 49.1 Å². The molecule has 1 saturated carbocycles. The van der Waals surface area contributed by atoms with E-state index < -0.39 is 0 Å². The van der Waals surface area contributed by atoms with Crippen molar-refractivity contribution in [2.45, 2.75) is 38.1 Å². The Morgan fingerprint density at radius 2 is 1.88 bits per heavy atom. The molecule has 0 aliphatic heterocycles. The first-order valence-electron chi connectivity index (χ1n) is 8.79. The zero-order valence-corrected chi connectivity index (χ0v) is 13.6. The van der Waals surface area contributed by atoms with Gasteiger partial charge in [-0.05, 0) is 37.1 Å². The summed E-state index contributed by atoms with van der Waals surface area (Å²) < 4.78 is 2.57. The van der Waals surface area contributed by atoms with Gasteiger partial charge in [0.25, 0.3) is 0 Å². The summed E-state index contributed by atoms with van der Waals surface area (Å²) >= 11 is 0. The third-order valence-corrected chi connectivity index (χ3v) is 5.30. The van der Waals surface area contributed by atoms with E-state index in [1.807, 2.05) is 24.8 Å². The molecule has 0 atom stereocenters. The van der Waals surface area contributed by atoms with Crippen LogP contribution in [0.1, 0.15) is 38.1 Å². The summed E-state index contributed by atoms with van der Waals surface area (Å²) in [4.78, 5) is 12.0. The van der Waals surface area contributed by atoms with Crippen molar-refractivity contribution < 1.29 is 0 Å². The molecular weight excluding hydrogens is 296 g/mol. The predicted octanol–water partition coefficient (Wildman–Crippen LogP) is 5.08. The molecule has 4 aromatic heterocycles. The van der Waals surface area contributed by atoms with Crippen LogP contribution in [0.5, 0.6) is 0 Å². The molecule has 4 heterocycles.